The molecule has 0 aliphatic carbocycles. The molecule has 0 atom stereocenters. The molecule has 6 nitrogen and oxygen atoms in total. The van der Waals surface area contributed by atoms with E-state index in [1.807, 2.05) is 0 Å². The highest BCUT2D eigenvalue weighted by atomic mass is 16.4. The monoisotopic (exact) mass is 264 g/mol. The maximum atomic E-state index is 11.1. The summed E-state index contributed by atoms with van der Waals surface area (Å²) in [6.07, 6.45) is 3.48. The van der Waals surface area contributed by atoms with Crippen LogP contribution >= 0.6 is 0 Å². The Morgan fingerprint density at radius 1 is 1.42 bits per heavy atom. The van der Waals surface area contributed by atoms with E-state index in [2.05, 4.69) is 21.9 Å². The van der Waals surface area contributed by atoms with E-state index in [1.165, 1.54) is 6.20 Å². The van der Waals surface area contributed by atoms with Crippen molar-refractivity contribution >= 4 is 11.8 Å². The molecule has 1 aromatic rings. The van der Waals surface area contributed by atoms with Gasteiger partial charge in [-0.2, -0.15) is 0 Å². The van der Waals surface area contributed by atoms with Gasteiger partial charge in [-0.15, -0.1) is 0 Å². The minimum absolute atomic E-state index is 0.154. The molecule has 1 aliphatic heterocycles. The molecule has 2 rings (SSSR count). The SMILES string of the molecule is CN1CCC(c2ncc(C(=O)O)c(N(C)C)n2)CC1. The Morgan fingerprint density at radius 3 is 2.58 bits per heavy atom. The quantitative estimate of drug-likeness (QED) is 0.880. The van der Waals surface area contributed by atoms with Gasteiger partial charge in [0.25, 0.3) is 0 Å². The average molecular weight is 264 g/mol. The zero-order chi connectivity index (χ0) is 14.0. The molecule has 0 unspecified atom stereocenters. The van der Waals surface area contributed by atoms with Gasteiger partial charge in [-0.1, -0.05) is 0 Å². The molecule has 1 N–H and O–H groups in total. The van der Waals surface area contributed by atoms with Crippen molar-refractivity contribution in [1.82, 2.24) is 14.9 Å². The fourth-order valence-electron chi connectivity index (χ4n) is 2.34. The minimum atomic E-state index is -0.987. The predicted octanol–water partition coefficient (Wildman–Crippen LogP) is 1.05. The number of likely N-dealkylation sites (tertiary alicyclic amines) is 1. The van der Waals surface area contributed by atoms with Gasteiger partial charge in [-0.25, -0.2) is 14.8 Å². The van der Waals surface area contributed by atoms with Gasteiger partial charge in [0.1, 0.15) is 17.2 Å². The first-order valence-electron chi connectivity index (χ1n) is 6.45. The summed E-state index contributed by atoms with van der Waals surface area (Å²) in [6.45, 7) is 2.07. The standard InChI is InChI=1S/C13H20N4O2/c1-16(2)12-10(13(18)19)8-14-11(15-12)9-4-6-17(3)7-5-9/h8-9H,4-7H2,1-3H3,(H,18,19). The fourth-order valence-corrected chi connectivity index (χ4v) is 2.34. The van der Waals surface area contributed by atoms with E-state index in [0.717, 1.165) is 31.8 Å². The van der Waals surface area contributed by atoms with Crippen molar-refractivity contribution in [2.75, 3.05) is 39.1 Å². The highest BCUT2D eigenvalue weighted by Gasteiger charge is 2.23. The summed E-state index contributed by atoms with van der Waals surface area (Å²) in [5.41, 5.74) is 0.154. The average Bonchev–Trinajstić information content (AvgIpc) is 2.38. The second-order valence-corrected chi connectivity index (χ2v) is 5.24. The first-order valence-corrected chi connectivity index (χ1v) is 6.45. The lowest BCUT2D eigenvalue weighted by Gasteiger charge is -2.28. The number of aromatic carboxylic acids is 1. The summed E-state index contributed by atoms with van der Waals surface area (Å²) in [7, 11) is 5.70. The van der Waals surface area contributed by atoms with Crippen molar-refractivity contribution in [3.63, 3.8) is 0 Å². The van der Waals surface area contributed by atoms with Gasteiger partial charge in [0, 0.05) is 26.2 Å². The van der Waals surface area contributed by atoms with E-state index >= 15 is 0 Å². The summed E-state index contributed by atoms with van der Waals surface area (Å²) >= 11 is 0. The summed E-state index contributed by atoms with van der Waals surface area (Å²) in [4.78, 5) is 23.9. The lowest BCUT2D eigenvalue weighted by molar-refractivity contribution is 0.0696. The zero-order valence-corrected chi connectivity index (χ0v) is 11.6. The van der Waals surface area contributed by atoms with Crippen molar-refractivity contribution in [2.45, 2.75) is 18.8 Å². The van der Waals surface area contributed by atoms with E-state index in [4.69, 9.17) is 5.11 Å². The third kappa shape index (κ3) is 3.01. The van der Waals surface area contributed by atoms with E-state index < -0.39 is 5.97 Å². The molecule has 19 heavy (non-hydrogen) atoms. The molecule has 1 saturated heterocycles. The maximum Gasteiger partial charge on any atom is 0.341 e. The number of nitrogens with zero attached hydrogens (tertiary/aromatic N) is 4. The Morgan fingerprint density at radius 2 is 2.05 bits per heavy atom. The molecule has 0 bridgehead atoms. The highest BCUT2D eigenvalue weighted by Crippen LogP contribution is 2.26. The van der Waals surface area contributed by atoms with E-state index in [0.29, 0.717) is 11.7 Å². The smallest absolute Gasteiger partial charge is 0.341 e. The number of hydrogen-bond donors (Lipinski definition) is 1. The summed E-state index contributed by atoms with van der Waals surface area (Å²) in [5.74, 6) is 0.592. The van der Waals surface area contributed by atoms with E-state index in [-0.39, 0.29) is 5.56 Å². The summed E-state index contributed by atoms with van der Waals surface area (Å²) in [5, 5.41) is 9.14. The van der Waals surface area contributed by atoms with Crippen LogP contribution in [-0.2, 0) is 0 Å². The zero-order valence-electron chi connectivity index (χ0n) is 11.6. The molecule has 0 amide bonds. The van der Waals surface area contributed by atoms with Crippen LogP contribution in [0.5, 0.6) is 0 Å². The summed E-state index contributed by atoms with van der Waals surface area (Å²) in [6, 6.07) is 0. The number of carboxylic acid groups (broad SMARTS) is 1. The third-order valence-electron chi connectivity index (χ3n) is 3.53. The number of carbonyl (C=O) groups is 1. The second-order valence-electron chi connectivity index (χ2n) is 5.24. The molecule has 1 fully saturated rings. The molecular formula is C13H20N4O2. The van der Waals surface area contributed by atoms with Crippen molar-refractivity contribution < 1.29 is 9.90 Å². The lowest BCUT2D eigenvalue weighted by atomic mass is 9.96. The number of aromatic nitrogens is 2. The molecule has 2 heterocycles. The lowest BCUT2D eigenvalue weighted by Crippen LogP contribution is -2.30. The number of rotatable bonds is 3. The van der Waals surface area contributed by atoms with E-state index in [1.54, 1.807) is 19.0 Å². The van der Waals surface area contributed by atoms with Gasteiger partial charge in [-0.05, 0) is 33.0 Å². The molecule has 1 aliphatic rings. The van der Waals surface area contributed by atoms with Gasteiger partial charge in [0.2, 0.25) is 0 Å². The molecule has 0 spiro atoms. The van der Waals surface area contributed by atoms with Gasteiger partial charge >= 0.3 is 5.97 Å². The molecule has 1 aromatic heterocycles. The predicted molar refractivity (Wildman–Crippen MR) is 72.8 cm³/mol. The van der Waals surface area contributed by atoms with Crippen LogP contribution in [0.4, 0.5) is 5.82 Å². The Balaban J connectivity index is 2.28. The van der Waals surface area contributed by atoms with Crippen LogP contribution < -0.4 is 4.90 Å². The Hall–Kier alpha value is -1.69. The van der Waals surface area contributed by atoms with Crippen LogP contribution in [0.2, 0.25) is 0 Å². The third-order valence-corrected chi connectivity index (χ3v) is 3.53. The Bertz CT molecular complexity index is 468. The van der Waals surface area contributed by atoms with Gasteiger partial charge < -0.3 is 14.9 Å². The maximum absolute atomic E-state index is 11.1. The van der Waals surface area contributed by atoms with E-state index in [9.17, 15) is 4.79 Å². The second kappa shape index (κ2) is 5.52. The largest absolute Gasteiger partial charge is 0.477 e. The van der Waals surface area contributed by atoms with Gasteiger partial charge in [-0.3, -0.25) is 0 Å². The van der Waals surface area contributed by atoms with Crippen LogP contribution in [0.1, 0.15) is 34.9 Å². The van der Waals surface area contributed by atoms with Crippen molar-refractivity contribution in [1.29, 1.82) is 0 Å². The molecule has 0 saturated carbocycles. The van der Waals surface area contributed by atoms with Crippen molar-refractivity contribution in [2.24, 2.45) is 0 Å². The number of hydrogen-bond acceptors (Lipinski definition) is 5. The molecular weight excluding hydrogens is 244 g/mol. The van der Waals surface area contributed by atoms with Crippen LogP contribution in [0.15, 0.2) is 6.20 Å². The van der Waals surface area contributed by atoms with Crippen LogP contribution in [0.3, 0.4) is 0 Å². The number of carboxylic acids is 1. The van der Waals surface area contributed by atoms with Crippen LogP contribution in [0.25, 0.3) is 0 Å². The van der Waals surface area contributed by atoms with Crippen LogP contribution in [-0.4, -0.2) is 60.2 Å². The van der Waals surface area contributed by atoms with Gasteiger partial charge in [0.15, 0.2) is 0 Å². The normalized spacial score (nSPS) is 17.4. The Labute approximate surface area is 113 Å². The van der Waals surface area contributed by atoms with Crippen LogP contribution in [0, 0.1) is 0 Å². The number of anilines is 1. The molecule has 0 radical (unpaired) electrons. The number of piperidine rings is 1. The molecule has 6 heteroatoms. The topological polar surface area (TPSA) is 69.6 Å². The Kier molecular flexibility index (Phi) is 3.99. The summed E-state index contributed by atoms with van der Waals surface area (Å²) < 4.78 is 0. The minimum Gasteiger partial charge on any atom is -0.477 e. The molecule has 0 aromatic carbocycles. The van der Waals surface area contributed by atoms with Gasteiger partial charge in [0.05, 0.1) is 0 Å². The van der Waals surface area contributed by atoms with Crippen molar-refractivity contribution in [3.8, 4) is 0 Å². The first kappa shape index (κ1) is 13.7. The highest BCUT2D eigenvalue weighted by molar-refractivity contribution is 5.92. The fraction of sp³-hybridized carbons (Fsp3) is 0.615. The first-order chi connectivity index (χ1) is 8.99. The van der Waals surface area contributed by atoms with Crippen molar-refractivity contribution in [3.05, 3.63) is 17.6 Å². The molecule has 104 valence electrons.